The molecule has 3 aliphatic rings. The van der Waals surface area contributed by atoms with Gasteiger partial charge in [-0.05, 0) is 48.4 Å². The molecule has 0 spiro atoms. The molecular formula is C22H22Cl2N2O. The molecule has 0 amide bonds. The molecule has 5 atom stereocenters. The highest BCUT2D eigenvalue weighted by atomic mass is 35.5. The Balaban J connectivity index is 1.40. The Morgan fingerprint density at radius 3 is 2.70 bits per heavy atom. The number of benzene rings is 2. The molecule has 3 saturated heterocycles. The first-order chi connectivity index (χ1) is 13.2. The van der Waals surface area contributed by atoms with E-state index in [2.05, 4.69) is 28.3 Å². The molecule has 27 heavy (non-hydrogen) atoms. The summed E-state index contributed by atoms with van der Waals surface area (Å²) in [7, 11) is 0. The standard InChI is InChI=1S/C22H22Cl2N2O/c23-18-8-6-15(10-19(18)24)17-11-16-7-9-21-22(17)20(12-26(16)21)25-27-13-14-4-2-1-3-5-14/h1-6,8,10,16-17,21-22H,7,9,11-13H2/b25-20-/t16-,17+,21+,22+/m0/s1. The van der Waals surface area contributed by atoms with Crippen LogP contribution < -0.4 is 0 Å². The second-order valence-corrected chi connectivity index (χ2v) is 8.67. The van der Waals surface area contributed by atoms with Crippen molar-refractivity contribution in [1.82, 2.24) is 4.90 Å². The van der Waals surface area contributed by atoms with Crippen molar-refractivity contribution in [3.63, 3.8) is 0 Å². The van der Waals surface area contributed by atoms with Crippen molar-refractivity contribution < 1.29 is 4.84 Å². The fourth-order valence-electron chi connectivity index (χ4n) is 5.25. The predicted molar refractivity (Wildman–Crippen MR) is 109 cm³/mol. The first kappa shape index (κ1) is 17.5. The number of hydrogen-bond donors (Lipinski definition) is 0. The van der Waals surface area contributed by atoms with Crippen LogP contribution in [0.3, 0.4) is 0 Å². The Morgan fingerprint density at radius 2 is 1.89 bits per heavy atom. The van der Waals surface area contributed by atoms with Crippen LogP contribution in [0.15, 0.2) is 53.7 Å². The van der Waals surface area contributed by atoms with Crippen molar-refractivity contribution in [2.45, 2.75) is 43.9 Å². The van der Waals surface area contributed by atoms with Crippen molar-refractivity contribution in [3.05, 3.63) is 69.7 Å². The van der Waals surface area contributed by atoms with E-state index >= 15 is 0 Å². The minimum Gasteiger partial charge on any atom is -0.391 e. The third kappa shape index (κ3) is 3.16. The number of oxime groups is 1. The Morgan fingerprint density at radius 1 is 1.04 bits per heavy atom. The zero-order valence-electron chi connectivity index (χ0n) is 15.0. The van der Waals surface area contributed by atoms with Crippen LogP contribution in [0.25, 0.3) is 0 Å². The molecule has 2 aromatic carbocycles. The smallest absolute Gasteiger partial charge is 0.142 e. The largest absolute Gasteiger partial charge is 0.391 e. The summed E-state index contributed by atoms with van der Waals surface area (Å²) in [5, 5.41) is 5.87. The molecule has 5 rings (SSSR count). The molecule has 1 unspecified atom stereocenters. The lowest BCUT2D eigenvalue weighted by atomic mass is 9.77. The number of halogens is 2. The van der Waals surface area contributed by atoms with E-state index in [1.165, 1.54) is 24.1 Å². The Labute approximate surface area is 169 Å². The molecular weight excluding hydrogens is 379 g/mol. The number of rotatable bonds is 4. The van der Waals surface area contributed by atoms with Crippen molar-refractivity contribution in [2.24, 2.45) is 11.1 Å². The molecule has 0 aromatic heterocycles. The van der Waals surface area contributed by atoms with E-state index in [-0.39, 0.29) is 0 Å². The van der Waals surface area contributed by atoms with E-state index in [0.29, 0.717) is 40.6 Å². The monoisotopic (exact) mass is 400 g/mol. The predicted octanol–water partition coefficient (Wildman–Crippen LogP) is 5.52. The highest BCUT2D eigenvalue weighted by Crippen LogP contribution is 2.51. The second-order valence-electron chi connectivity index (χ2n) is 7.85. The third-order valence-electron chi connectivity index (χ3n) is 6.42. The summed E-state index contributed by atoms with van der Waals surface area (Å²) < 4.78 is 0. The maximum atomic E-state index is 6.31. The molecule has 0 aliphatic carbocycles. The van der Waals surface area contributed by atoms with Gasteiger partial charge in [0.15, 0.2) is 0 Å². The zero-order valence-corrected chi connectivity index (χ0v) is 16.5. The molecule has 0 saturated carbocycles. The molecule has 4 bridgehead atoms. The SMILES string of the molecule is Clc1ccc([C@H]2C[C@@H]3CC[C@@H]4[C@H]2/C(=N\OCc2ccccc2)CN34)cc1Cl. The van der Waals surface area contributed by atoms with Crippen LogP contribution in [0.2, 0.25) is 10.0 Å². The van der Waals surface area contributed by atoms with Crippen LogP contribution in [0.5, 0.6) is 0 Å². The normalized spacial score (nSPS) is 32.8. The maximum absolute atomic E-state index is 6.31. The van der Waals surface area contributed by atoms with Crippen LogP contribution in [-0.4, -0.2) is 29.2 Å². The molecule has 0 N–H and O–H groups in total. The van der Waals surface area contributed by atoms with Crippen molar-refractivity contribution >= 4 is 28.9 Å². The van der Waals surface area contributed by atoms with E-state index in [1.807, 2.05) is 30.3 Å². The summed E-state index contributed by atoms with van der Waals surface area (Å²) in [6.07, 6.45) is 3.71. The average molecular weight is 401 g/mol. The van der Waals surface area contributed by atoms with Gasteiger partial charge in [0.2, 0.25) is 0 Å². The van der Waals surface area contributed by atoms with Crippen LogP contribution >= 0.6 is 23.2 Å². The van der Waals surface area contributed by atoms with Gasteiger partial charge in [-0.25, -0.2) is 0 Å². The van der Waals surface area contributed by atoms with Gasteiger partial charge in [-0.3, -0.25) is 4.90 Å². The highest BCUT2D eigenvalue weighted by Gasteiger charge is 2.54. The lowest BCUT2D eigenvalue weighted by Gasteiger charge is -2.36. The van der Waals surface area contributed by atoms with Crippen molar-refractivity contribution in [3.8, 4) is 0 Å². The molecule has 0 radical (unpaired) electrons. The Kier molecular flexibility index (Phi) is 4.63. The molecule has 3 aliphatic heterocycles. The summed E-state index contributed by atoms with van der Waals surface area (Å²) in [5.41, 5.74) is 3.61. The Hall–Kier alpha value is -1.55. The zero-order chi connectivity index (χ0) is 18.4. The summed E-state index contributed by atoms with van der Waals surface area (Å²) >= 11 is 12.5. The summed E-state index contributed by atoms with van der Waals surface area (Å²) in [5.74, 6) is 0.854. The van der Waals surface area contributed by atoms with Crippen LogP contribution in [-0.2, 0) is 11.4 Å². The quantitative estimate of drug-likeness (QED) is 0.631. The summed E-state index contributed by atoms with van der Waals surface area (Å²) in [6.45, 7) is 1.45. The molecule has 3 heterocycles. The van der Waals surface area contributed by atoms with Crippen LogP contribution in [0, 0.1) is 5.92 Å². The lowest BCUT2D eigenvalue weighted by molar-refractivity contribution is 0.128. The van der Waals surface area contributed by atoms with E-state index in [9.17, 15) is 0 Å². The van der Waals surface area contributed by atoms with Crippen molar-refractivity contribution in [2.75, 3.05) is 6.54 Å². The summed E-state index contributed by atoms with van der Waals surface area (Å²) in [4.78, 5) is 8.40. The average Bonchev–Trinajstić information content (AvgIpc) is 3.10. The summed E-state index contributed by atoms with van der Waals surface area (Å²) in [6, 6.07) is 17.5. The highest BCUT2D eigenvalue weighted by molar-refractivity contribution is 6.42. The van der Waals surface area contributed by atoms with Crippen LogP contribution in [0.1, 0.15) is 36.3 Å². The fourth-order valence-corrected chi connectivity index (χ4v) is 5.55. The number of piperidine rings is 1. The first-order valence-electron chi connectivity index (χ1n) is 9.64. The lowest BCUT2D eigenvalue weighted by Crippen LogP contribution is -2.40. The van der Waals surface area contributed by atoms with E-state index < -0.39 is 0 Å². The molecule has 5 heteroatoms. The molecule has 140 valence electrons. The van der Waals surface area contributed by atoms with Gasteiger partial charge in [0.1, 0.15) is 6.61 Å². The minimum atomic E-state index is 0.414. The van der Waals surface area contributed by atoms with E-state index in [4.69, 9.17) is 28.0 Å². The fraction of sp³-hybridized carbons (Fsp3) is 0.409. The second kappa shape index (κ2) is 7.12. The van der Waals surface area contributed by atoms with Gasteiger partial charge >= 0.3 is 0 Å². The number of nitrogens with zero attached hydrogens (tertiary/aromatic N) is 2. The van der Waals surface area contributed by atoms with Crippen LogP contribution in [0.4, 0.5) is 0 Å². The van der Waals surface area contributed by atoms with Gasteiger partial charge < -0.3 is 4.84 Å². The number of hydrogen-bond acceptors (Lipinski definition) is 3. The van der Waals surface area contributed by atoms with Gasteiger partial charge in [0, 0.05) is 24.5 Å². The topological polar surface area (TPSA) is 24.8 Å². The van der Waals surface area contributed by atoms with Gasteiger partial charge in [-0.15, -0.1) is 0 Å². The maximum Gasteiger partial charge on any atom is 0.142 e. The molecule has 3 nitrogen and oxygen atoms in total. The van der Waals surface area contributed by atoms with Gasteiger partial charge in [-0.2, -0.15) is 0 Å². The Bertz CT molecular complexity index is 870. The van der Waals surface area contributed by atoms with Crippen molar-refractivity contribution in [1.29, 1.82) is 0 Å². The first-order valence-corrected chi connectivity index (χ1v) is 10.4. The van der Waals surface area contributed by atoms with E-state index in [1.54, 1.807) is 0 Å². The third-order valence-corrected chi connectivity index (χ3v) is 7.16. The molecule has 2 aromatic rings. The van der Waals surface area contributed by atoms with Gasteiger partial charge in [-0.1, -0.05) is 64.8 Å². The minimum absolute atomic E-state index is 0.414. The van der Waals surface area contributed by atoms with Gasteiger partial charge in [0.05, 0.1) is 15.8 Å². The molecule has 3 fully saturated rings. The van der Waals surface area contributed by atoms with E-state index in [0.717, 1.165) is 18.5 Å². The van der Waals surface area contributed by atoms with Gasteiger partial charge in [0.25, 0.3) is 0 Å².